The molecule has 1 N–H and O–H groups in total. The third-order valence-corrected chi connectivity index (χ3v) is 3.98. The molecule has 1 aromatic carbocycles. The Morgan fingerprint density at radius 3 is 2.26 bits per heavy atom. The van der Waals surface area contributed by atoms with Crippen LogP contribution in [0, 0.1) is 17.5 Å². The molecule has 0 spiro atoms. The van der Waals surface area contributed by atoms with Gasteiger partial charge in [0, 0.05) is 33.1 Å². The summed E-state index contributed by atoms with van der Waals surface area (Å²) in [5.74, 6) is -4.90. The van der Waals surface area contributed by atoms with E-state index in [2.05, 4.69) is 5.32 Å². The van der Waals surface area contributed by atoms with Crippen molar-refractivity contribution >= 4 is 17.5 Å². The van der Waals surface area contributed by atoms with Gasteiger partial charge in [0.1, 0.15) is 0 Å². The highest BCUT2D eigenvalue weighted by molar-refractivity contribution is 5.94. The quantitative estimate of drug-likeness (QED) is 0.857. The highest BCUT2D eigenvalue weighted by atomic mass is 19.2. The van der Waals surface area contributed by atoms with Crippen molar-refractivity contribution in [2.75, 3.05) is 31.5 Å². The van der Waals surface area contributed by atoms with E-state index < -0.39 is 35.1 Å². The summed E-state index contributed by atoms with van der Waals surface area (Å²) in [6.07, 6.45) is 0. The Hall–Kier alpha value is -2.09. The van der Waals surface area contributed by atoms with Crippen LogP contribution in [0.15, 0.2) is 12.1 Å². The Kier molecular flexibility index (Phi) is 5.25. The third-order valence-electron chi connectivity index (χ3n) is 3.98. The van der Waals surface area contributed by atoms with Gasteiger partial charge in [-0.1, -0.05) is 0 Å². The molecule has 0 saturated carbocycles. The van der Waals surface area contributed by atoms with Gasteiger partial charge in [-0.15, -0.1) is 0 Å². The Bertz CT molecular complexity index is 616. The number of hydrogen-bond donors (Lipinski definition) is 1. The summed E-state index contributed by atoms with van der Waals surface area (Å²) in [6, 6.07) is 1.15. The third kappa shape index (κ3) is 3.82. The molecule has 0 aromatic heterocycles. The number of benzene rings is 1. The van der Waals surface area contributed by atoms with E-state index in [9.17, 15) is 22.8 Å². The summed E-state index contributed by atoms with van der Waals surface area (Å²) in [4.78, 5) is 26.9. The molecule has 0 radical (unpaired) electrons. The molecule has 5 nitrogen and oxygen atoms in total. The van der Waals surface area contributed by atoms with E-state index in [1.807, 2.05) is 4.90 Å². The highest BCUT2D eigenvalue weighted by Gasteiger charge is 2.27. The number of amides is 2. The van der Waals surface area contributed by atoms with Gasteiger partial charge in [0.15, 0.2) is 17.5 Å². The van der Waals surface area contributed by atoms with Crippen molar-refractivity contribution in [2.45, 2.75) is 19.9 Å². The molecule has 0 bridgehead atoms. The summed E-state index contributed by atoms with van der Waals surface area (Å²) in [7, 11) is 0. The maximum absolute atomic E-state index is 13.6. The highest BCUT2D eigenvalue weighted by Crippen LogP contribution is 2.20. The first-order valence-electron chi connectivity index (χ1n) is 7.25. The normalized spacial score (nSPS) is 17.0. The van der Waals surface area contributed by atoms with E-state index in [0.29, 0.717) is 26.2 Å². The molecule has 126 valence electrons. The van der Waals surface area contributed by atoms with Crippen LogP contribution in [0.25, 0.3) is 0 Å². The first-order valence-corrected chi connectivity index (χ1v) is 7.25. The molecule has 1 saturated heterocycles. The molecule has 2 rings (SSSR count). The van der Waals surface area contributed by atoms with Crippen LogP contribution >= 0.6 is 0 Å². The van der Waals surface area contributed by atoms with Crippen LogP contribution in [0.3, 0.4) is 0 Å². The summed E-state index contributed by atoms with van der Waals surface area (Å²) in [5.41, 5.74) is -0.400. The largest absolute Gasteiger partial charge is 0.340 e. The summed E-state index contributed by atoms with van der Waals surface area (Å²) in [6.45, 7) is 5.15. The minimum Gasteiger partial charge on any atom is -0.340 e. The number of hydrogen-bond acceptors (Lipinski definition) is 3. The Balaban J connectivity index is 1.99. The van der Waals surface area contributed by atoms with Crippen molar-refractivity contribution in [1.82, 2.24) is 9.80 Å². The first kappa shape index (κ1) is 17.3. The van der Waals surface area contributed by atoms with Gasteiger partial charge in [0.25, 0.3) is 0 Å². The number of nitrogens with one attached hydrogen (secondary N) is 1. The molecule has 1 atom stereocenters. The average Bonchev–Trinajstić information content (AvgIpc) is 2.54. The van der Waals surface area contributed by atoms with Gasteiger partial charge in [-0.2, -0.15) is 0 Å². The first-order chi connectivity index (χ1) is 10.8. The lowest BCUT2D eigenvalue weighted by atomic mass is 10.2. The minimum absolute atomic E-state index is 0.0226. The van der Waals surface area contributed by atoms with Crippen molar-refractivity contribution < 1.29 is 22.8 Å². The number of rotatable bonds is 3. The number of piperazine rings is 1. The van der Waals surface area contributed by atoms with Crippen LogP contribution in [-0.4, -0.2) is 53.8 Å². The Labute approximate surface area is 132 Å². The van der Waals surface area contributed by atoms with Gasteiger partial charge in [-0.05, 0) is 19.1 Å². The zero-order chi connectivity index (χ0) is 17.1. The Morgan fingerprint density at radius 2 is 1.70 bits per heavy atom. The fourth-order valence-corrected chi connectivity index (χ4v) is 2.45. The lowest BCUT2D eigenvalue weighted by Crippen LogP contribution is -2.53. The summed E-state index contributed by atoms with van der Waals surface area (Å²) in [5, 5.41) is 2.27. The molecule has 1 unspecified atom stereocenters. The topological polar surface area (TPSA) is 52.7 Å². The number of anilines is 1. The van der Waals surface area contributed by atoms with Gasteiger partial charge in [0.2, 0.25) is 11.8 Å². The molecule has 0 aliphatic carbocycles. The van der Waals surface area contributed by atoms with Crippen molar-refractivity contribution in [3.8, 4) is 0 Å². The van der Waals surface area contributed by atoms with Crippen LogP contribution in [0.1, 0.15) is 13.8 Å². The van der Waals surface area contributed by atoms with E-state index in [4.69, 9.17) is 0 Å². The molecule has 23 heavy (non-hydrogen) atoms. The van der Waals surface area contributed by atoms with E-state index in [1.165, 1.54) is 6.92 Å². The lowest BCUT2D eigenvalue weighted by molar-refractivity contribution is -0.131. The van der Waals surface area contributed by atoms with Gasteiger partial charge in [-0.25, -0.2) is 13.2 Å². The van der Waals surface area contributed by atoms with Gasteiger partial charge < -0.3 is 10.2 Å². The molecule has 1 aliphatic heterocycles. The van der Waals surface area contributed by atoms with Crippen molar-refractivity contribution in [2.24, 2.45) is 0 Å². The van der Waals surface area contributed by atoms with Gasteiger partial charge in [-0.3, -0.25) is 14.5 Å². The van der Waals surface area contributed by atoms with Gasteiger partial charge in [0.05, 0.1) is 11.7 Å². The second-order valence-corrected chi connectivity index (χ2v) is 5.43. The minimum atomic E-state index is -1.62. The molecular weight excluding hydrogens is 311 g/mol. The zero-order valence-corrected chi connectivity index (χ0v) is 12.9. The van der Waals surface area contributed by atoms with E-state index >= 15 is 0 Å². The Morgan fingerprint density at radius 1 is 1.09 bits per heavy atom. The summed E-state index contributed by atoms with van der Waals surface area (Å²) < 4.78 is 39.6. The average molecular weight is 329 g/mol. The van der Waals surface area contributed by atoms with Crippen molar-refractivity contribution in [1.29, 1.82) is 0 Å². The van der Waals surface area contributed by atoms with Crippen LogP contribution in [0.4, 0.5) is 18.9 Å². The molecule has 1 heterocycles. The molecule has 1 aromatic rings. The second kappa shape index (κ2) is 6.99. The molecule has 8 heteroatoms. The van der Waals surface area contributed by atoms with Crippen molar-refractivity contribution in [3.05, 3.63) is 29.6 Å². The summed E-state index contributed by atoms with van der Waals surface area (Å²) >= 11 is 0. The number of carbonyl (C=O) groups excluding carboxylic acids is 2. The predicted molar refractivity (Wildman–Crippen MR) is 78.2 cm³/mol. The molecule has 2 amide bonds. The standard InChI is InChI=1S/C15H18F3N3O2/c1-9(20-5-7-21(8-6-20)10(2)22)15(23)19-12-4-3-11(16)13(17)14(12)18/h3-4,9H,5-8H2,1-2H3,(H,19,23). The van der Waals surface area contributed by atoms with Crippen LogP contribution < -0.4 is 5.32 Å². The van der Waals surface area contributed by atoms with Crippen LogP contribution in [0.2, 0.25) is 0 Å². The van der Waals surface area contributed by atoms with Crippen LogP contribution in [-0.2, 0) is 9.59 Å². The number of halogens is 3. The fourth-order valence-electron chi connectivity index (χ4n) is 2.45. The van der Waals surface area contributed by atoms with Crippen molar-refractivity contribution in [3.63, 3.8) is 0 Å². The van der Waals surface area contributed by atoms with Gasteiger partial charge >= 0.3 is 0 Å². The maximum atomic E-state index is 13.6. The van der Waals surface area contributed by atoms with E-state index in [-0.39, 0.29) is 5.91 Å². The second-order valence-electron chi connectivity index (χ2n) is 5.43. The molecule has 1 aliphatic rings. The smallest absolute Gasteiger partial charge is 0.241 e. The number of carbonyl (C=O) groups is 2. The van der Waals surface area contributed by atoms with E-state index in [0.717, 1.165) is 12.1 Å². The molecule has 1 fully saturated rings. The maximum Gasteiger partial charge on any atom is 0.241 e. The molecular formula is C15H18F3N3O2. The van der Waals surface area contributed by atoms with Crippen LogP contribution in [0.5, 0.6) is 0 Å². The lowest BCUT2D eigenvalue weighted by Gasteiger charge is -2.37. The SMILES string of the molecule is CC(=O)N1CCN(C(C)C(=O)Nc2ccc(F)c(F)c2F)CC1. The predicted octanol–water partition coefficient (Wildman–Crippen LogP) is 1.59. The fraction of sp³-hybridized carbons (Fsp3) is 0.467. The van der Waals surface area contributed by atoms with E-state index in [1.54, 1.807) is 11.8 Å². The zero-order valence-electron chi connectivity index (χ0n) is 12.9. The monoisotopic (exact) mass is 329 g/mol. The number of nitrogens with zero attached hydrogens (tertiary/aromatic N) is 2.